The molecule has 174 valence electrons. The lowest BCUT2D eigenvalue weighted by Gasteiger charge is -2.54. The van der Waals surface area contributed by atoms with E-state index in [1.165, 1.54) is 37.8 Å². The Morgan fingerprint density at radius 2 is 1.91 bits per heavy atom. The Bertz CT molecular complexity index is 993. The van der Waals surface area contributed by atoms with Gasteiger partial charge in [0.1, 0.15) is 6.04 Å². The summed E-state index contributed by atoms with van der Waals surface area (Å²) in [6.07, 6.45) is 9.67. The van der Waals surface area contributed by atoms with Gasteiger partial charge in [0.15, 0.2) is 0 Å². The Morgan fingerprint density at radius 3 is 2.76 bits per heavy atom. The van der Waals surface area contributed by atoms with E-state index in [0.29, 0.717) is 23.6 Å². The van der Waals surface area contributed by atoms with Crippen molar-refractivity contribution >= 4 is 23.5 Å². The second kappa shape index (κ2) is 8.28. The van der Waals surface area contributed by atoms with Crippen LogP contribution in [0.25, 0.3) is 0 Å². The van der Waals surface area contributed by atoms with Crippen LogP contribution in [0.2, 0.25) is 0 Å². The van der Waals surface area contributed by atoms with E-state index in [0.717, 1.165) is 30.8 Å². The van der Waals surface area contributed by atoms with E-state index in [9.17, 15) is 14.4 Å². The predicted molar refractivity (Wildman–Crippen MR) is 124 cm³/mol. The first-order valence-electron chi connectivity index (χ1n) is 12.5. The summed E-state index contributed by atoms with van der Waals surface area (Å²) in [5.41, 5.74) is 1.98. The van der Waals surface area contributed by atoms with Gasteiger partial charge in [0.2, 0.25) is 5.91 Å². The average molecular weight is 449 g/mol. The van der Waals surface area contributed by atoms with Gasteiger partial charge in [-0.05, 0) is 62.6 Å². The zero-order valence-electron chi connectivity index (χ0n) is 19.0. The van der Waals surface area contributed by atoms with Gasteiger partial charge in [-0.2, -0.15) is 0 Å². The van der Waals surface area contributed by atoms with E-state index in [2.05, 4.69) is 16.3 Å². The van der Waals surface area contributed by atoms with E-state index >= 15 is 0 Å². The molecule has 7 heteroatoms. The first kappa shape index (κ1) is 20.9. The molecule has 1 aliphatic carbocycles. The molecule has 7 nitrogen and oxygen atoms in total. The maximum Gasteiger partial charge on any atom is 0.329 e. The van der Waals surface area contributed by atoms with Crippen molar-refractivity contribution in [2.24, 2.45) is 11.8 Å². The highest BCUT2D eigenvalue weighted by Gasteiger charge is 2.48. The Labute approximate surface area is 194 Å². The molecule has 1 N–H and O–H groups in total. The number of fused-ring (bicyclic) bond motifs is 6. The van der Waals surface area contributed by atoms with Gasteiger partial charge in [0.05, 0.1) is 18.2 Å². The minimum atomic E-state index is -0.797. The highest BCUT2D eigenvalue weighted by atomic mass is 16.2. The maximum atomic E-state index is 13.5. The predicted octanol–water partition coefficient (Wildman–Crippen LogP) is 2.92. The lowest BCUT2D eigenvalue weighted by Crippen LogP contribution is -2.60. The van der Waals surface area contributed by atoms with Crippen molar-refractivity contribution in [1.82, 2.24) is 15.1 Å². The summed E-state index contributed by atoms with van der Waals surface area (Å²) in [5, 5.41) is 2.74. The van der Waals surface area contributed by atoms with Gasteiger partial charge in [-0.25, -0.2) is 9.69 Å². The van der Waals surface area contributed by atoms with Crippen LogP contribution in [0.5, 0.6) is 0 Å². The van der Waals surface area contributed by atoms with Crippen LogP contribution < -0.4 is 10.2 Å². The molecule has 4 saturated heterocycles. The number of nitrogens with zero attached hydrogens (tertiary/aromatic N) is 3. The van der Waals surface area contributed by atoms with Crippen molar-refractivity contribution in [1.29, 1.82) is 0 Å². The number of carbonyl (C=O) groups is 3. The number of urea groups is 1. The van der Waals surface area contributed by atoms with Crippen LogP contribution in [0.15, 0.2) is 42.0 Å². The zero-order valence-corrected chi connectivity index (χ0v) is 19.0. The number of likely N-dealkylation sites (tertiary alicyclic amines) is 1. The fourth-order valence-corrected chi connectivity index (χ4v) is 7.04. The number of nitrogens with one attached hydrogen (secondary N) is 1. The molecule has 0 saturated carbocycles. The summed E-state index contributed by atoms with van der Waals surface area (Å²) in [6.45, 7) is 3.00. The third-order valence-electron chi connectivity index (χ3n) is 8.39. The summed E-state index contributed by atoms with van der Waals surface area (Å²) < 4.78 is 0. The lowest BCUT2D eigenvalue weighted by molar-refractivity contribution is -0.138. The molecule has 4 aliphatic heterocycles. The standard InChI is InChI=1S/C26H32N4O3/c31-23(15-21-25(32)30(26(33)27-21)20-8-2-1-3-9-20)29-12-6-7-17-13-18-14-19(24(17)29)16-28-11-5-4-10-22(18)28/h1-3,8-9,13,18-19,21-22,24H,4-7,10-12,14-16H2,(H,27,33)/t18-,19-,21-,22+,24+/m0/s1. The van der Waals surface area contributed by atoms with Crippen LogP contribution in [0, 0.1) is 11.8 Å². The normalized spacial score (nSPS) is 33.8. The number of imide groups is 1. The van der Waals surface area contributed by atoms with Gasteiger partial charge < -0.3 is 10.2 Å². The molecule has 4 amide bonds. The first-order valence-corrected chi connectivity index (χ1v) is 12.5. The number of piperidine rings is 3. The highest BCUT2D eigenvalue weighted by Crippen LogP contribution is 2.45. The summed E-state index contributed by atoms with van der Waals surface area (Å²) >= 11 is 0. The van der Waals surface area contributed by atoms with E-state index in [1.54, 1.807) is 24.3 Å². The van der Waals surface area contributed by atoms with Crippen LogP contribution >= 0.6 is 0 Å². The number of amides is 4. The molecule has 1 aromatic rings. The van der Waals surface area contributed by atoms with Crippen LogP contribution in [-0.2, 0) is 9.59 Å². The number of hydrogen-bond donors (Lipinski definition) is 1. The van der Waals surface area contributed by atoms with Crippen LogP contribution in [-0.4, -0.2) is 65.4 Å². The molecule has 2 bridgehead atoms. The number of rotatable bonds is 3. The minimum Gasteiger partial charge on any atom is -0.336 e. The van der Waals surface area contributed by atoms with Gasteiger partial charge in [-0.3, -0.25) is 14.5 Å². The Kier molecular flexibility index (Phi) is 5.24. The Morgan fingerprint density at radius 1 is 1.06 bits per heavy atom. The monoisotopic (exact) mass is 448 g/mol. The lowest BCUT2D eigenvalue weighted by atomic mass is 9.68. The van der Waals surface area contributed by atoms with Crippen molar-refractivity contribution in [3.05, 3.63) is 42.0 Å². The molecule has 0 aromatic heterocycles. The molecule has 33 heavy (non-hydrogen) atoms. The number of hydrogen-bond acceptors (Lipinski definition) is 4. The van der Waals surface area contributed by atoms with Gasteiger partial charge in [-0.1, -0.05) is 36.3 Å². The van der Waals surface area contributed by atoms with E-state index in [1.807, 2.05) is 11.0 Å². The molecule has 4 fully saturated rings. The molecule has 0 unspecified atom stereocenters. The second-order valence-corrected chi connectivity index (χ2v) is 10.3. The fourth-order valence-electron chi connectivity index (χ4n) is 7.04. The number of anilines is 1. The molecule has 6 rings (SSSR count). The molecule has 5 aliphatic rings. The molecule has 0 radical (unpaired) electrons. The van der Waals surface area contributed by atoms with Gasteiger partial charge in [-0.15, -0.1) is 0 Å². The van der Waals surface area contributed by atoms with E-state index < -0.39 is 12.1 Å². The van der Waals surface area contributed by atoms with Crippen molar-refractivity contribution in [2.45, 2.75) is 63.1 Å². The molecular formula is C26H32N4O3. The Balaban J connectivity index is 1.19. The Hall–Kier alpha value is -2.67. The molecule has 4 heterocycles. The average Bonchev–Trinajstić information content (AvgIpc) is 3.11. The maximum absolute atomic E-state index is 13.5. The summed E-state index contributed by atoms with van der Waals surface area (Å²) in [4.78, 5) is 44.9. The third kappa shape index (κ3) is 3.57. The summed E-state index contributed by atoms with van der Waals surface area (Å²) in [6, 6.07) is 8.49. The van der Waals surface area contributed by atoms with Gasteiger partial charge in [0.25, 0.3) is 5.91 Å². The minimum absolute atomic E-state index is 0.0154. The van der Waals surface area contributed by atoms with E-state index in [4.69, 9.17) is 0 Å². The summed E-state index contributed by atoms with van der Waals surface area (Å²) in [7, 11) is 0. The summed E-state index contributed by atoms with van der Waals surface area (Å²) in [5.74, 6) is 0.743. The zero-order chi connectivity index (χ0) is 22.5. The van der Waals surface area contributed by atoms with Gasteiger partial charge >= 0.3 is 6.03 Å². The largest absolute Gasteiger partial charge is 0.336 e. The fraction of sp³-hybridized carbons (Fsp3) is 0.577. The van der Waals surface area contributed by atoms with Crippen molar-refractivity contribution in [3.8, 4) is 0 Å². The van der Waals surface area contributed by atoms with Crippen LogP contribution in [0.1, 0.15) is 44.9 Å². The highest BCUT2D eigenvalue weighted by molar-refractivity contribution is 6.22. The van der Waals surface area contributed by atoms with Crippen LogP contribution in [0.3, 0.4) is 0 Å². The SMILES string of the molecule is O=C1N[C@@H](CC(=O)N2CCCC3=C[C@H]4C[C@@H](CN5CCCC[C@H]45)[C@@H]32)C(=O)N1c1ccccc1. The molecule has 0 spiro atoms. The quantitative estimate of drug-likeness (QED) is 0.570. The van der Waals surface area contributed by atoms with Crippen molar-refractivity contribution < 1.29 is 14.4 Å². The molecule has 1 aromatic carbocycles. The van der Waals surface area contributed by atoms with Crippen molar-refractivity contribution in [3.63, 3.8) is 0 Å². The third-order valence-corrected chi connectivity index (χ3v) is 8.39. The topological polar surface area (TPSA) is 73.0 Å². The first-order chi connectivity index (χ1) is 16.1. The van der Waals surface area contributed by atoms with Gasteiger partial charge in [0, 0.05) is 19.1 Å². The van der Waals surface area contributed by atoms with E-state index in [-0.39, 0.29) is 24.3 Å². The number of para-hydroxylation sites is 1. The van der Waals surface area contributed by atoms with Crippen molar-refractivity contribution in [2.75, 3.05) is 24.5 Å². The molecular weight excluding hydrogens is 416 g/mol. The van der Waals surface area contributed by atoms with Crippen LogP contribution in [0.4, 0.5) is 10.5 Å². The number of carbonyl (C=O) groups excluding carboxylic acids is 3. The second-order valence-electron chi connectivity index (χ2n) is 10.3. The smallest absolute Gasteiger partial charge is 0.329 e. The number of benzene rings is 1. The molecule has 5 atom stereocenters.